The highest BCUT2D eigenvalue weighted by Crippen LogP contribution is 2.18. The van der Waals surface area contributed by atoms with E-state index in [1.54, 1.807) is 18.4 Å². The lowest BCUT2D eigenvalue weighted by atomic mass is 10.1. The van der Waals surface area contributed by atoms with Crippen LogP contribution in [0.5, 0.6) is 5.75 Å². The Hall–Kier alpha value is -1.90. The van der Waals surface area contributed by atoms with Crippen LogP contribution in [-0.4, -0.2) is 12.1 Å². The van der Waals surface area contributed by atoms with E-state index in [1.165, 1.54) is 0 Å². The molecule has 1 aromatic carbocycles. The molecule has 0 bridgehead atoms. The molecule has 0 saturated heterocycles. The summed E-state index contributed by atoms with van der Waals surface area (Å²) in [4.78, 5) is 4.39. The third kappa shape index (κ3) is 3.53. The molecule has 0 unspecified atom stereocenters. The number of hydrogen-bond acceptors (Lipinski definition) is 5. The Morgan fingerprint density at radius 2 is 2.26 bits per heavy atom. The van der Waals surface area contributed by atoms with Gasteiger partial charge in [-0.2, -0.15) is 5.26 Å². The maximum atomic E-state index is 9.02. The van der Waals surface area contributed by atoms with Gasteiger partial charge in [-0.3, -0.25) is 0 Å². The fourth-order valence-corrected chi connectivity index (χ4v) is 2.39. The van der Waals surface area contributed by atoms with Crippen LogP contribution in [0.25, 0.3) is 0 Å². The van der Waals surface area contributed by atoms with Gasteiger partial charge < -0.3 is 10.1 Å². The molecule has 98 valence electrons. The molecule has 4 nitrogen and oxygen atoms in total. The zero-order valence-electron chi connectivity index (χ0n) is 10.9. The van der Waals surface area contributed by atoms with Crippen molar-refractivity contribution in [2.75, 3.05) is 7.11 Å². The Kier molecular flexibility index (Phi) is 4.50. The first kappa shape index (κ1) is 13.5. The molecule has 1 heterocycles. The van der Waals surface area contributed by atoms with E-state index in [9.17, 15) is 0 Å². The van der Waals surface area contributed by atoms with Crippen molar-refractivity contribution in [1.29, 1.82) is 5.26 Å². The predicted molar refractivity (Wildman–Crippen MR) is 75.1 cm³/mol. The van der Waals surface area contributed by atoms with Gasteiger partial charge >= 0.3 is 0 Å². The summed E-state index contributed by atoms with van der Waals surface area (Å²) in [7, 11) is 1.57. The van der Waals surface area contributed by atoms with Crippen LogP contribution in [0.3, 0.4) is 0 Å². The molecule has 0 aliphatic rings. The van der Waals surface area contributed by atoms with Gasteiger partial charge in [0.15, 0.2) is 0 Å². The maximum absolute atomic E-state index is 9.02. The van der Waals surface area contributed by atoms with Gasteiger partial charge in [-0.15, -0.1) is 11.3 Å². The van der Waals surface area contributed by atoms with Crippen molar-refractivity contribution in [1.82, 2.24) is 10.3 Å². The summed E-state index contributed by atoms with van der Waals surface area (Å²) >= 11 is 1.65. The normalized spacial score (nSPS) is 10.2. The highest BCUT2D eigenvalue weighted by atomic mass is 32.1. The first-order valence-electron chi connectivity index (χ1n) is 5.91. The van der Waals surface area contributed by atoms with Crippen LogP contribution in [-0.2, 0) is 13.1 Å². The van der Waals surface area contributed by atoms with Crippen molar-refractivity contribution < 1.29 is 4.74 Å². The second-order valence-electron chi connectivity index (χ2n) is 4.11. The van der Waals surface area contributed by atoms with E-state index in [-0.39, 0.29) is 0 Å². The maximum Gasteiger partial charge on any atom is 0.136 e. The van der Waals surface area contributed by atoms with Crippen LogP contribution in [0, 0.1) is 18.3 Å². The highest BCUT2D eigenvalue weighted by Gasteiger charge is 2.04. The van der Waals surface area contributed by atoms with Gasteiger partial charge in [-0.05, 0) is 24.6 Å². The Balaban J connectivity index is 1.95. The molecule has 0 fully saturated rings. The second-order valence-corrected chi connectivity index (χ2v) is 5.17. The topological polar surface area (TPSA) is 57.9 Å². The van der Waals surface area contributed by atoms with Crippen LogP contribution in [0.4, 0.5) is 0 Å². The van der Waals surface area contributed by atoms with Gasteiger partial charge in [0.1, 0.15) is 11.8 Å². The minimum Gasteiger partial charge on any atom is -0.495 e. The van der Waals surface area contributed by atoms with E-state index < -0.39 is 0 Å². The van der Waals surface area contributed by atoms with Gasteiger partial charge in [0.2, 0.25) is 0 Å². The van der Waals surface area contributed by atoms with Gasteiger partial charge in [0.05, 0.1) is 23.4 Å². The molecule has 2 aromatic rings. The Morgan fingerprint density at radius 1 is 1.42 bits per heavy atom. The van der Waals surface area contributed by atoms with E-state index >= 15 is 0 Å². The average molecular weight is 273 g/mol. The van der Waals surface area contributed by atoms with Gasteiger partial charge in [-0.1, -0.05) is 6.07 Å². The Labute approximate surface area is 116 Å². The van der Waals surface area contributed by atoms with Gasteiger partial charge in [-0.25, -0.2) is 4.98 Å². The van der Waals surface area contributed by atoms with E-state index in [4.69, 9.17) is 10.00 Å². The fraction of sp³-hybridized carbons (Fsp3) is 0.286. The molecule has 0 aliphatic heterocycles. The number of aryl methyl sites for hydroxylation is 1. The molecule has 0 saturated carbocycles. The number of nitriles is 1. The van der Waals surface area contributed by atoms with Gasteiger partial charge in [0, 0.05) is 18.5 Å². The average Bonchev–Trinajstić information content (AvgIpc) is 2.84. The fourth-order valence-electron chi connectivity index (χ4n) is 1.78. The molecule has 0 amide bonds. The minimum atomic E-state index is 0.561. The summed E-state index contributed by atoms with van der Waals surface area (Å²) in [6.45, 7) is 3.43. The predicted octanol–water partition coefficient (Wildman–Crippen LogP) is 2.62. The summed E-state index contributed by atoms with van der Waals surface area (Å²) in [5.74, 6) is 0.612. The largest absolute Gasteiger partial charge is 0.495 e. The van der Waals surface area contributed by atoms with Crippen LogP contribution in [0.2, 0.25) is 0 Å². The summed E-state index contributed by atoms with van der Waals surface area (Å²) in [5.41, 5.74) is 2.67. The van der Waals surface area contributed by atoms with Crippen molar-refractivity contribution >= 4 is 11.3 Å². The standard InChI is InChI=1S/C14H15N3OS/c1-10-17-13(9-19-10)8-16-7-11-3-4-14(18-2)12(5-11)6-15/h3-5,9,16H,7-8H2,1-2H3. The smallest absolute Gasteiger partial charge is 0.136 e. The number of nitrogens with one attached hydrogen (secondary N) is 1. The number of thiazole rings is 1. The molecule has 0 atom stereocenters. The molecule has 1 N–H and O–H groups in total. The Morgan fingerprint density at radius 3 is 2.89 bits per heavy atom. The summed E-state index contributed by atoms with van der Waals surface area (Å²) < 4.78 is 5.12. The molecular weight excluding hydrogens is 258 g/mol. The molecular formula is C14H15N3OS. The third-order valence-corrected chi connectivity index (χ3v) is 3.51. The van der Waals surface area contributed by atoms with E-state index in [2.05, 4.69) is 21.8 Å². The Bertz CT molecular complexity index is 601. The second kappa shape index (κ2) is 6.32. The lowest BCUT2D eigenvalue weighted by Gasteiger charge is -2.06. The molecule has 0 radical (unpaired) electrons. The van der Waals surface area contributed by atoms with Gasteiger partial charge in [0.25, 0.3) is 0 Å². The van der Waals surface area contributed by atoms with Crippen molar-refractivity contribution in [3.05, 3.63) is 45.4 Å². The minimum absolute atomic E-state index is 0.561. The van der Waals surface area contributed by atoms with E-state index in [0.717, 1.165) is 22.8 Å². The molecule has 0 aliphatic carbocycles. The third-order valence-electron chi connectivity index (χ3n) is 2.69. The number of aromatic nitrogens is 1. The lowest BCUT2D eigenvalue weighted by molar-refractivity contribution is 0.413. The molecule has 5 heteroatoms. The quantitative estimate of drug-likeness (QED) is 0.909. The summed E-state index contributed by atoms with van der Waals surface area (Å²) in [5, 5.41) is 15.5. The number of methoxy groups -OCH3 is 1. The monoisotopic (exact) mass is 273 g/mol. The zero-order valence-corrected chi connectivity index (χ0v) is 11.8. The first-order valence-corrected chi connectivity index (χ1v) is 6.79. The number of nitrogens with zero attached hydrogens (tertiary/aromatic N) is 2. The van der Waals surface area contributed by atoms with Crippen molar-refractivity contribution in [3.8, 4) is 11.8 Å². The van der Waals surface area contributed by atoms with E-state index in [0.29, 0.717) is 17.9 Å². The van der Waals surface area contributed by atoms with Crippen molar-refractivity contribution in [2.45, 2.75) is 20.0 Å². The number of hydrogen-bond donors (Lipinski definition) is 1. The lowest BCUT2D eigenvalue weighted by Crippen LogP contribution is -2.13. The molecule has 1 aromatic heterocycles. The number of rotatable bonds is 5. The molecule has 2 rings (SSSR count). The number of benzene rings is 1. The molecule has 0 spiro atoms. The SMILES string of the molecule is COc1ccc(CNCc2csc(C)n2)cc1C#N. The van der Waals surface area contributed by atoms with Crippen LogP contribution in [0.15, 0.2) is 23.6 Å². The zero-order chi connectivity index (χ0) is 13.7. The van der Waals surface area contributed by atoms with Crippen LogP contribution >= 0.6 is 11.3 Å². The van der Waals surface area contributed by atoms with Crippen molar-refractivity contribution in [3.63, 3.8) is 0 Å². The first-order chi connectivity index (χ1) is 9.22. The summed E-state index contributed by atoms with van der Waals surface area (Å²) in [6, 6.07) is 7.76. The molecule has 19 heavy (non-hydrogen) atoms. The van der Waals surface area contributed by atoms with E-state index in [1.807, 2.05) is 25.1 Å². The van der Waals surface area contributed by atoms with Crippen molar-refractivity contribution in [2.24, 2.45) is 0 Å². The summed E-state index contributed by atoms with van der Waals surface area (Å²) in [6.07, 6.45) is 0. The van der Waals surface area contributed by atoms with Crippen LogP contribution in [0.1, 0.15) is 21.8 Å². The number of ether oxygens (including phenoxy) is 1. The highest BCUT2D eigenvalue weighted by molar-refractivity contribution is 7.09. The van der Waals surface area contributed by atoms with Crippen LogP contribution < -0.4 is 10.1 Å².